The van der Waals surface area contributed by atoms with Gasteiger partial charge >= 0.3 is 0 Å². The van der Waals surface area contributed by atoms with Crippen molar-refractivity contribution in [2.24, 2.45) is 0 Å². The predicted octanol–water partition coefficient (Wildman–Crippen LogP) is 2.72. The van der Waals surface area contributed by atoms with Crippen LogP contribution in [0.15, 0.2) is 28.8 Å². The SMILES string of the molecule is BrCc1onc2ccccc12. The minimum absolute atomic E-state index is 0.716. The van der Waals surface area contributed by atoms with E-state index in [9.17, 15) is 0 Å². The summed E-state index contributed by atoms with van der Waals surface area (Å²) in [5.74, 6) is 0.889. The first kappa shape index (κ1) is 6.85. The summed E-state index contributed by atoms with van der Waals surface area (Å²) in [6.07, 6.45) is 0. The fourth-order valence-corrected chi connectivity index (χ4v) is 1.44. The minimum Gasteiger partial charge on any atom is -0.359 e. The van der Waals surface area contributed by atoms with Gasteiger partial charge < -0.3 is 4.52 Å². The van der Waals surface area contributed by atoms with Gasteiger partial charge in [0, 0.05) is 5.39 Å². The van der Waals surface area contributed by atoms with Crippen LogP contribution in [-0.4, -0.2) is 5.16 Å². The van der Waals surface area contributed by atoms with Crippen molar-refractivity contribution in [1.82, 2.24) is 5.16 Å². The van der Waals surface area contributed by atoms with Crippen LogP contribution in [0.4, 0.5) is 0 Å². The Balaban J connectivity index is 2.76. The lowest BCUT2D eigenvalue weighted by molar-refractivity contribution is 0.404. The Labute approximate surface area is 72.3 Å². The summed E-state index contributed by atoms with van der Waals surface area (Å²) in [7, 11) is 0. The molecule has 0 fully saturated rings. The van der Waals surface area contributed by atoms with Crippen molar-refractivity contribution in [3.05, 3.63) is 30.0 Å². The standard InChI is InChI=1S/C8H6BrNO/c9-5-8-6-3-1-2-4-7(6)10-11-8/h1-4H,5H2. The van der Waals surface area contributed by atoms with E-state index in [4.69, 9.17) is 4.52 Å². The number of hydrogen-bond donors (Lipinski definition) is 0. The van der Waals surface area contributed by atoms with Crippen molar-refractivity contribution in [2.45, 2.75) is 5.33 Å². The average Bonchev–Trinajstić information content (AvgIpc) is 2.47. The lowest BCUT2D eigenvalue weighted by Gasteiger charge is -1.85. The molecule has 0 bridgehead atoms. The molecule has 1 aromatic heterocycles. The van der Waals surface area contributed by atoms with Crippen LogP contribution in [0.3, 0.4) is 0 Å². The molecular formula is C8H6BrNO. The van der Waals surface area contributed by atoms with Gasteiger partial charge in [-0.05, 0) is 12.1 Å². The number of halogens is 1. The van der Waals surface area contributed by atoms with Crippen LogP contribution in [0.5, 0.6) is 0 Å². The number of hydrogen-bond acceptors (Lipinski definition) is 2. The minimum atomic E-state index is 0.716. The molecule has 0 radical (unpaired) electrons. The smallest absolute Gasteiger partial charge is 0.155 e. The molecular weight excluding hydrogens is 206 g/mol. The highest BCUT2D eigenvalue weighted by Gasteiger charge is 2.03. The number of fused-ring (bicyclic) bond motifs is 1. The Hall–Kier alpha value is -0.830. The summed E-state index contributed by atoms with van der Waals surface area (Å²) >= 11 is 3.32. The van der Waals surface area contributed by atoms with Crippen molar-refractivity contribution in [3.8, 4) is 0 Å². The monoisotopic (exact) mass is 211 g/mol. The van der Waals surface area contributed by atoms with Gasteiger partial charge in [-0.1, -0.05) is 33.2 Å². The van der Waals surface area contributed by atoms with Gasteiger partial charge in [0.05, 0.1) is 5.33 Å². The van der Waals surface area contributed by atoms with E-state index in [0.717, 1.165) is 16.7 Å². The summed E-state index contributed by atoms with van der Waals surface area (Å²) in [6, 6.07) is 7.86. The van der Waals surface area contributed by atoms with Gasteiger partial charge in [-0.15, -0.1) is 0 Å². The number of nitrogens with zero attached hydrogens (tertiary/aromatic N) is 1. The van der Waals surface area contributed by atoms with E-state index >= 15 is 0 Å². The molecule has 0 amide bonds. The summed E-state index contributed by atoms with van der Waals surface area (Å²) in [5.41, 5.74) is 0.918. The molecule has 2 aromatic rings. The second kappa shape index (κ2) is 2.66. The van der Waals surface area contributed by atoms with Gasteiger partial charge in [0.2, 0.25) is 0 Å². The molecule has 0 saturated heterocycles. The van der Waals surface area contributed by atoms with Gasteiger partial charge in [0.25, 0.3) is 0 Å². The van der Waals surface area contributed by atoms with E-state index in [0.29, 0.717) is 5.33 Å². The average molecular weight is 212 g/mol. The normalized spacial score (nSPS) is 10.6. The highest BCUT2D eigenvalue weighted by atomic mass is 79.9. The van der Waals surface area contributed by atoms with Crippen LogP contribution < -0.4 is 0 Å². The zero-order valence-electron chi connectivity index (χ0n) is 5.75. The van der Waals surface area contributed by atoms with E-state index in [1.807, 2.05) is 24.3 Å². The molecule has 0 aliphatic heterocycles. The van der Waals surface area contributed by atoms with E-state index in [-0.39, 0.29) is 0 Å². The van der Waals surface area contributed by atoms with Crippen LogP contribution in [-0.2, 0) is 5.33 Å². The van der Waals surface area contributed by atoms with Gasteiger partial charge in [0.15, 0.2) is 5.76 Å². The Kier molecular flexibility index (Phi) is 1.66. The molecule has 56 valence electrons. The van der Waals surface area contributed by atoms with Crippen LogP contribution in [0.2, 0.25) is 0 Å². The van der Waals surface area contributed by atoms with E-state index in [1.165, 1.54) is 0 Å². The first-order valence-electron chi connectivity index (χ1n) is 3.31. The fraction of sp³-hybridized carbons (Fsp3) is 0.125. The quantitative estimate of drug-likeness (QED) is 0.679. The molecule has 3 heteroatoms. The molecule has 0 saturated carbocycles. The topological polar surface area (TPSA) is 26.0 Å². The highest BCUT2D eigenvalue weighted by molar-refractivity contribution is 9.08. The molecule has 2 rings (SSSR count). The predicted molar refractivity (Wildman–Crippen MR) is 46.6 cm³/mol. The van der Waals surface area contributed by atoms with Crippen molar-refractivity contribution < 1.29 is 4.52 Å². The van der Waals surface area contributed by atoms with Gasteiger partial charge in [-0.25, -0.2) is 0 Å². The number of benzene rings is 1. The largest absolute Gasteiger partial charge is 0.359 e. The number of alkyl halides is 1. The fourth-order valence-electron chi connectivity index (χ4n) is 1.04. The lowest BCUT2D eigenvalue weighted by atomic mass is 10.2. The van der Waals surface area contributed by atoms with Gasteiger partial charge in [0.1, 0.15) is 5.52 Å². The highest BCUT2D eigenvalue weighted by Crippen LogP contribution is 2.19. The third kappa shape index (κ3) is 1.05. The maximum atomic E-state index is 5.07. The van der Waals surface area contributed by atoms with E-state index < -0.39 is 0 Å². The van der Waals surface area contributed by atoms with Crippen LogP contribution >= 0.6 is 15.9 Å². The molecule has 0 aliphatic rings. The molecule has 11 heavy (non-hydrogen) atoms. The van der Waals surface area contributed by atoms with Crippen molar-refractivity contribution >= 4 is 26.8 Å². The molecule has 0 N–H and O–H groups in total. The Bertz CT molecular complexity index is 369. The van der Waals surface area contributed by atoms with Gasteiger partial charge in [-0.3, -0.25) is 0 Å². The lowest BCUT2D eigenvalue weighted by Crippen LogP contribution is -1.70. The van der Waals surface area contributed by atoms with Gasteiger partial charge in [-0.2, -0.15) is 0 Å². The van der Waals surface area contributed by atoms with E-state index in [2.05, 4.69) is 21.1 Å². The first-order valence-corrected chi connectivity index (χ1v) is 4.43. The van der Waals surface area contributed by atoms with Crippen LogP contribution in [0, 0.1) is 0 Å². The molecule has 0 atom stereocenters. The Morgan fingerprint density at radius 3 is 3.00 bits per heavy atom. The third-order valence-electron chi connectivity index (χ3n) is 1.58. The second-order valence-corrected chi connectivity index (χ2v) is 2.82. The number of rotatable bonds is 1. The summed E-state index contributed by atoms with van der Waals surface area (Å²) in [6.45, 7) is 0. The second-order valence-electron chi connectivity index (χ2n) is 2.26. The molecule has 0 unspecified atom stereocenters. The molecule has 0 spiro atoms. The Morgan fingerprint density at radius 2 is 2.18 bits per heavy atom. The Morgan fingerprint density at radius 1 is 1.36 bits per heavy atom. The number of aromatic nitrogens is 1. The summed E-state index contributed by atoms with van der Waals surface area (Å²) in [4.78, 5) is 0. The third-order valence-corrected chi connectivity index (χ3v) is 2.09. The molecule has 2 nitrogen and oxygen atoms in total. The van der Waals surface area contributed by atoms with Crippen molar-refractivity contribution in [2.75, 3.05) is 0 Å². The van der Waals surface area contributed by atoms with E-state index in [1.54, 1.807) is 0 Å². The maximum absolute atomic E-state index is 5.07. The maximum Gasteiger partial charge on any atom is 0.155 e. The van der Waals surface area contributed by atoms with Crippen molar-refractivity contribution in [3.63, 3.8) is 0 Å². The van der Waals surface area contributed by atoms with Crippen LogP contribution in [0.25, 0.3) is 10.9 Å². The zero-order chi connectivity index (χ0) is 7.68. The molecule has 1 heterocycles. The summed E-state index contributed by atoms with van der Waals surface area (Å²) in [5, 5.41) is 5.69. The van der Waals surface area contributed by atoms with Crippen molar-refractivity contribution in [1.29, 1.82) is 0 Å². The zero-order valence-corrected chi connectivity index (χ0v) is 7.34. The first-order chi connectivity index (χ1) is 5.42. The molecule has 0 aliphatic carbocycles. The molecule has 1 aromatic carbocycles. The summed E-state index contributed by atoms with van der Waals surface area (Å²) < 4.78 is 5.07. The van der Waals surface area contributed by atoms with Crippen LogP contribution in [0.1, 0.15) is 5.76 Å².